The first-order chi connectivity index (χ1) is 14.8. The summed E-state index contributed by atoms with van der Waals surface area (Å²) in [6.07, 6.45) is 1.67. The fraction of sp³-hybridized carbons (Fsp3) is 0.381. The van der Waals surface area contributed by atoms with Gasteiger partial charge in [0.1, 0.15) is 24.1 Å². The van der Waals surface area contributed by atoms with Crippen LogP contribution in [0.4, 0.5) is 4.39 Å². The molecule has 0 amide bonds. The Kier molecular flexibility index (Phi) is 7.29. The van der Waals surface area contributed by atoms with Crippen LogP contribution in [0.1, 0.15) is 20.1 Å². The van der Waals surface area contributed by atoms with E-state index in [2.05, 4.69) is 4.98 Å². The highest BCUT2D eigenvalue weighted by Gasteiger charge is 2.30. The first-order valence-electron chi connectivity index (χ1n) is 9.89. The van der Waals surface area contributed by atoms with E-state index in [1.54, 1.807) is 30.6 Å². The molecule has 1 saturated heterocycles. The van der Waals surface area contributed by atoms with Gasteiger partial charge < -0.3 is 19.9 Å². The zero-order valence-electron chi connectivity index (χ0n) is 17.5. The Labute approximate surface area is 189 Å². The van der Waals surface area contributed by atoms with E-state index in [0.717, 1.165) is 0 Å². The van der Waals surface area contributed by atoms with Gasteiger partial charge in [-0.05, 0) is 36.2 Å². The second kappa shape index (κ2) is 9.78. The van der Waals surface area contributed by atoms with Gasteiger partial charge in [-0.25, -0.2) is 14.2 Å². The third-order valence-electron chi connectivity index (χ3n) is 5.08. The molecule has 0 spiro atoms. The smallest absolute Gasteiger partial charge is 0.336 e. The van der Waals surface area contributed by atoms with Gasteiger partial charge in [-0.3, -0.25) is 13.8 Å². The molecule has 9 nitrogen and oxygen atoms in total. The molecule has 0 bridgehead atoms. The number of hydrogen-bond donors (Lipinski definition) is 1. The summed E-state index contributed by atoms with van der Waals surface area (Å²) in [6, 6.07) is 6.82. The molecule has 1 fully saturated rings. The van der Waals surface area contributed by atoms with Gasteiger partial charge in [0.2, 0.25) is 0 Å². The summed E-state index contributed by atoms with van der Waals surface area (Å²) < 4.78 is 32.3. The van der Waals surface area contributed by atoms with E-state index in [1.165, 1.54) is 21.1 Å². The Morgan fingerprint density at radius 3 is 2.72 bits per heavy atom. The average Bonchev–Trinajstić information content (AvgIpc) is 3.40. The lowest BCUT2D eigenvalue weighted by Crippen LogP contribution is -2.38. The summed E-state index contributed by atoms with van der Waals surface area (Å²) in [6.45, 7) is 3.64. The SMILES string of the molecule is CC(C)[C@H](N)C(=O)OCC1OC[C@H](n2ccc3nc(-c4ccc(F)cc4)cn3c2=O)O1.Cl. The molecule has 11 heteroatoms. The maximum atomic E-state index is 13.2. The summed E-state index contributed by atoms with van der Waals surface area (Å²) in [5.74, 6) is -0.929. The van der Waals surface area contributed by atoms with Crippen LogP contribution in [0.5, 0.6) is 0 Å². The van der Waals surface area contributed by atoms with E-state index in [0.29, 0.717) is 16.9 Å². The van der Waals surface area contributed by atoms with Gasteiger partial charge in [0.05, 0.1) is 12.3 Å². The summed E-state index contributed by atoms with van der Waals surface area (Å²) in [7, 11) is 0. The van der Waals surface area contributed by atoms with E-state index >= 15 is 0 Å². The minimum Gasteiger partial charge on any atom is -0.459 e. The Bertz CT molecular complexity index is 1150. The molecule has 172 valence electrons. The number of fused-ring (bicyclic) bond motifs is 1. The molecule has 0 radical (unpaired) electrons. The first kappa shape index (κ1) is 23.9. The summed E-state index contributed by atoms with van der Waals surface area (Å²) in [5.41, 5.74) is 7.08. The van der Waals surface area contributed by atoms with Crippen molar-refractivity contribution >= 4 is 24.0 Å². The monoisotopic (exact) mass is 466 g/mol. The molecule has 32 heavy (non-hydrogen) atoms. The zero-order chi connectivity index (χ0) is 22.1. The highest BCUT2D eigenvalue weighted by molar-refractivity contribution is 5.85. The number of rotatable bonds is 6. The molecule has 2 aromatic heterocycles. The molecule has 4 rings (SSSR count). The Balaban J connectivity index is 0.00000289. The molecule has 1 unspecified atom stereocenters. The number of halogens is 2. The molecule has 0 aliphatic carbocycles. The molecule has 3 atom stereocenters. The molecule has 1 aliphatic rings. The zero-order valence-corrected chi connectivity index (χ0v) is 18.3. The first-order valence-corrected chi connectivity index (χ1v) is 9.89. The van der Waals surface area contributed by atoms with Crippen LogP contribution in [0.2, 0.25) is 0 Å². The molecule has 3 aromatic rings. The quantitative estimate of drug-likeness (QED) is 0.554. The van der Waals surface area contributed by atoms with Gasteiger partial charge in [0, 0.05) is 18.0 Å². The second-order valence-corrected chi connectivity index (χ2v) is 7.62. The fourth-order valence-corrected chi connectivity index (χ4v) is 3.17. The number of carbonyl (C=O) groups excluding carboxylic acids is 1. The average molecular weight is 467 g/mol. The standard InChI is InChI=1S/C21H23FN4O5.ClH/c1-12(2)19(23)20(27)30-11-18-29-10-17(31-18)25-8-7-16-24-15(9-26(16)21(25)28)13-3-5-14(22)6-4-13;/h3-9,12,17-19H,10-11,23H2,1-2H3;1H/t17-,18?,19+;/m1./s1. The van der Waals surface area contributed by atoms with E-state index in [1.807, 2.05) is 13.8 Å². The van der Waals surface area contributed by atoms with Gasteiger partial charge in [-0.2, -0.15) is 0 Å². The minimum atomic E-state index is -0.798. The Morgan fingerprint density at radius 2 is 2.03 bits per heavy atom. The van der Waals surface area contributed by atoms with Crippen molar-refractivity contribution in [1.29, 1.82) is 0 Å². The third kappa shape index (κ3) is 4.83. The number of esters is 1. The van der Waals surface area contributed by atoms with Crippen LogP contribution in [-0.2, 0) is 19.0 Å². The molecule has 0 saturated carbocycles. The molecule has 1 aliphatic heterocycles. The van der Waals surface area contributed by atoms with Crippen molar-refractivity contribution in [3.8, 4) is 11.3 Å². The van der Waals surface area contributed by atoms with Crippen molar-refractivity contribution < 1.29 is 23.4 Å². The molecular weight excluding hydrogens is 443 g/mol. The third-order valence-corrected chi connectivity index (χ3v) is 5.08. The van der Waals surface area contributed by atoms with Gasteiger partial charge in [-0.15, -0.1) is 12.4 Å². The van der Waals surface area contributed by atoms with Crippen LogP contribution >= 0.6 is 12.4 Å². The van der Waals surface area contributed by atoms with E-state index in [9.17, 15) is 14.0 Å². The van der Waals surface area contributed by atoms with Gasteiger partial charge in [-0.1, -0.05) is 13.8 Å². The van der Waals surface area contributed by atoms with Gasteiger partial charge in [0.25, 0.3) is 0 Å². The fourth-order valence-electron chi connectivity index (χ4n) is 3.17. The summed E-state index contributed by atoms with van der Waals surface area (Å²) in [5, 5.41) is 0. The van der Waals surface area contributed by atoms with E-state index in [4.69, 9.17) is 19.9 Å². The van der Waals surface area contributed by atoms with Crippen LogP contribution in [0.15, 0.2) is 47.5 Å². The topological polar surface area (TPSA) is 110 Å². The normalized spacial score (nSPS) is 19.2. The number of benzene rings is 1. The van der Waals surface area contributed by atoms with Crippen molar-refractivity contribution in [3.05, 3.63) is 59.0 Å². The maximum absolute atomic E-state index is 13.2. The van der Waals surface area contributed by atoms with Crippen LogP contribution in [0, 0.1) is 11.7 Å². The Hall–Kier alpha value is -2.79. The molecule has 3 heterocycles. The lowest BCUT2D eigenvalue weighted by atomic mass is 10.1. The number of hydrogen-bond acceptors (Lipinski definition) is 7. The number of aromatic nitrogens is 3. The summed E-state index contributed by atoms with van der Waals surface area (Å²) >= 11 is 0. The number of nitrogens with zero attached hydrogens (tertiary/aromatic N) is 3. The van der Waals surface area contributed by atoms with Crippen LogP contribution < -0.4 is 11.4 Å². The Morgan fingerprint density at radius 1 is 1.31 bits per heavy atom. The minimum absolute atomic E-state index is 0. The van der Waals surface area contributed by atoms with Crippen LogP contribution in [0.3, 0.4) is 0 Å². The number of ether oxygens (including phenoxy) is 3. The lowest BCUT2D eigenvalue weighted by molar-refractivity contribution is -0.161. The van der Waals surface area contributed by atoms with Crippen molar-refractivity contribution in [2.24, 2.45) is 11.7 Å². The molecule has 1 aromatic carbocycles. The van der Waals surface area contributed by atoms with Crippen molar-refractivity contribution in [2.45, 2.75) is 32.4 Å². The number of carbonyl (C=O) groups is 1. The van der Waals surface area contributed by atoms with Gasteiger partial charge in [0.15, 0.2) is 12.5 Å². The predicted molar refractivity (Wildman–Crippen MR) is 116 cm³/mol. The van der Waals surface area contributed by atoms with Crippen LogP contribution in [-0.4, -0.2) is 45.5 Å². The summed E-state index contributed by atoms with van der Waals surface area (Å²) in [4.78, 5) is 29.2. The largest absolute Gasteiger partial charge is 0.459 e. The van der Waals surface area contributed by atoms with E-state index in [-0.39, 0.29) is 43.0 Å². The predicted octanol–water partition coefficient (Wildman–Crippen LogP) is 2.12. The highest BCUT2D eigenvalue weighted by Crippen LogP contribution is 2.22. The molecular formula is C21H24ClFN4O5. The van der Waals surface area contributed by atoms with Crippen molar-refractivity contribution in [2.75, 3.05) is 13.2 Å². The maximum Gasteiger partial charge on any atom is 0.336 e. The van der Waals surface area contributed by atoms with Crippen molar-refractivity contribution in [1.82, 2.24) is 14.0 Å². The van der Waals surface area contributed by atoms with Crippen molar-refractivity contribution in [3.63, 3.8) is 0 Å². The number of imidazole rings is 1. The van der Waals surface area contributed by atoms with E-state index < -0.39 is 24.5 Å². The molecule has 2 N–H and O–H groups in total. The highest BCUT2D eigenvalue weighted by atomic mass is 35.5. The van der Waals surface area contributed by atoms with Gasteiger partial charge >= 0.3 is 11.7 Å². The lowest BCUT2D eigenvalue weighted by Gasteiger charge is -2.17. The van der Waals surface area contributed by atoms with Crippen LogP contribution in [0.25, 0.3) is 16.9 Å². The second-order valence-electron chi connectivity index (χ2n) is 7.62. The number of nitrogens with two attached hydrogens (primary N) is 1.